The fourth-order valence-electron chi connectivity index (χ4n) is 10.2. The van der Waals surface area contributed by atoms with Crippen molar-refractivity contribution in [3.8, 4) is 5.75 Å². The molecule has 6 rings (SSSR count). The highest BCUT2D eigenvalue weighted by Crippen LogP contribution is 2.37. The number of nitro groups is 1. The van der Waals surface area contributed by atoms with E-state index < -0.39 is 118 Å². The summed E-state index contributed by atoms with van der Waals surface area (Å²) in [5, 5.41) is 45.9. The van der Waals surface area contributed by atoms with E-state index in [-0.39, 0.29) is 62.0 Å². The first-order chi connectivity index (χ1) is 35.3. The van der Waals surface area contributed by atoms with Crippen molar-refractivity contribution in [3.63, 3.8) is 0 Å². The number of likely N-dealkylation sites (N-methyl/N-ethyl adjacent to an activating group) is 2. The summed E-state index contributed by atoms with van der Waals surface area (Å²) in [6.45, 7) is 16.8. The molecule has 0 spiro atoms. The van der Waals surface area contributed by atoms with E-state index in [0.717, 1.165) is 32.8 Å². The van der Waals surface area contributed by atoms with Crippen LogP contribution >= 0.6 is 0 Å². The zero-order valence-electron chi connectivity index (χ0n) is 44.9. The van der Waals surface area contributed by atoms with Gasteiger partial charge in [0.15, 0.2) is 5.75 Å². The molecule has 0 aliphatic carbocycles. The van der Waals surface area contributed by atoms with Gasteiger partial charge in [0.25, 0.3) is 0 Å². The largest absolute Gasteiger partial charge is 0.502 e. The minimum Gasteiger partial charge on any atom is -0.502 e. The zero-order chi connectivity index (χ0) is 55.4. The Balaban J connectivity index is 1.51. The maximum absolute atomic E-state index is 15.4. The molecule has 0 saturated carbocycles. The van der Waals surface area contributed by atoms with Gasteiger partial charge in [-0.15, -0.1) is 0 Å². The average molecular weight is 1040 g/mol. The Bertz CT molecular complexity index is 2680. The Kier molecular flexibility index (Phi) is 18.2. The van der Waals surface area contributed by atoms with E-state index in [4.69, 9.17) is 4.74 Å². The third-order valence-electron chi connectivity index (χ3n) is 14.7. The molecule has 1 unspecified atom stereocenters. The fraction of sp³-hybridized carbons (Fsp3) is 0.574. The summed E-state index contributed by atoms with van der Waals surface area (Å²) in [4.78, 5) is 118. The predicted molar refractivity (Wildman–Crippen MR) is 278 cm³/mol. The van der Waals surface area contributed by atoms with Crippen LogP contribution in [0.25, 0.3) is 10.9 Å². The molecule has 408 valence electrons. The molecule has 4 heterocycles. The Morgan fingerprint density at radius 3 is 2.03 bits per heavy atom. The van der Waals surface area contributed by atoms with E-state index >= 15 is 4.79 Å². The number of amides is 7. The van der Waals surface area contributed by atoms with Crippen molar-refractivity contribution < 1.29 is 53.4 Å². The Morgan fingerprint density at radius 2 is 1.40 bits per heavy atom. The number of rotatable bonds is 13. The van der Waals surface area contributed by atoms with Crippen LogP contribution in [0.4, 0.5) is 5.69 Å². The van der Waals surface area contributed by atoms with Gasteiger partial charge < -0.3 is 55.5 Å². The second-order valence-corrected chi connectivity index (χ2v) is 21.8. The molecule has 3 aliphatic rings. The van der Waals surface area contributed by atoms with Crippen molar-refractivity contribution in [3.05, 3.63) is 82.1 Å². The van der Waals surface area contributed by atoms with Gasteiger partial charge in [0.2, 0.25) is 41.4 Å². The number of nitrogens with zero attached hydrogens (tertiary/aromatic N) is 5. The second-order valence-electron chi connectivity index (χ2n) is 21.8. The number of nitro benzene ring substituents is 1. The number of nitrogens with one attached hydrogen (secondary N) is 4. The van der Waals surface area contributed by atoms with Gasteiger partial charge in [0.1, 0.15) is 54.6 Å². The summed E-state index contributed by atoms with van der Waals surface area (Å²) in [5.74, 6) is -7.06. The molecule has 3 aliphatic heterocycles. The highest BCUT2D eigenvalue weighted by Gasteiger charge is 2.48. The van der Waals surface area contributed by atoms with Gasteiger partial charge in [-0.25, -0.2) is 0 Å². The van der Waals surface area contributed by atoms with Gasteiger partial charge in [-0.2, -0.15) is 0 Å². The minimum atomic E-state index is -1.53. The summed E-state index contributed by atoms with van der Waals surface area (Å²) in [6, 6.07) is 1.75. The molecule has 3 saturated heterocycles. The number of benzene rings is 2. The molecule has 3 fully saturated rings. The van der Waals surface area contributed by atoms with Crippen LogP contribution in [0.5, 0.6) is 5.75 Å². The molecule has 75 heavy (non-hydrogen) atoms. The third kappa shape index (κ3) is 13.0. The molecule has 6 N–H and O–H groups in total. The van der Waals surface area contributed by atoms with E-state index in [1.807, 2.05) is 72.0 Å². The molecule has 1 aromatic heterocycles. The number of fused-ring (bicyclic) bond motifs is 3. The fourth-order valence-corrected chi connectivity index (χ4v) is 10.2. The normalized spacial score (nSPS) is 27.1. The Morgan fingerprint density at radius 1 is 0.800 bits per heavy atom. The Hall–Kier alpha value is -6.87. The number of ether oxygens (including phenoxy) is 1. The number of carbonyl (C=O) groups is 7. The van der Waals surface area contributed by atoms with Crippen molar-refractivity contribution in [1.82, 2.24) is 40.5 Å². The summed E-state index contributed by atoms with van der Waals surface area (Å²) < 4.78 is 7.84. The van der Waals surface area contributed by atoms with Crippen molar-refractivity contribution in [2.45, 2.75) is 161 Å². The van der Waals surface area contributed by atoms with Crippen LogP contribution in [-0.2, 0) is 56.7 Å². The number of aromatic nitrogens is 1. The van der Waals surface area contributed by atoms with Gasteiger partial charge >= 0.3 is 5.69 Å². The SMILES string of the molecule is C/C=C/C[C@@H]1NC(=O)[C@H](CC(C)C)N2C(=O)[C@H](C[C@H](C)[C@@H]2O)N(C)C(=O)[C@H](C)NC(=O)[C@H](Cc2ccc(O)c([N+](=O)[O-])c2)NC(=O)[C@H](CC(C)C)N(C)C(=O)[C@H](Cc2cn(C(C)(C)C3CO3)c3ccccc23)NC1=O. The summed E-state index contributed by atoms with van der Waals surface area (Å²) in [6.07, 6.45) is 3.36. The summed E-state index contributed by atoms with van der Waals surface area (Å²) >= 11 is 0. The van der Waals surface area contributed by atoms with Crippen LogP contribution in [0.2, 0.25) is 0 Å². The maximum Gasteiger partial charge on any atom is 0.310 e. The van der Waals surface area contributed by atoms with Crippen molar-refractivity contribution in [2.24, 2.45) is 17.8 Å². The van der Waals surface area contributed by atoms with Crippen LogP contribution in [-0.4, -0.2) is 151 Å². The molecule has 2 aromatic carbocycles. The quantitative estimate of drug-likeness (QED) is 0.0622. The van der Waals surface area contributed by atoms with E-state index in [9.17, 15) is 49.1 Å². The predicted octanol–water partition coefficient (Wildman–Crippen LogP) is 3.41. The first-order valence-electron chi connectivity index (χ1n) is 25.8. The molecule has 10 atom stereocenters. The number of para-hydroxylation sites is 1. The topological polar surface area (TPSA) is 278 Å². The maximum atomic E-state index is 15.4. The number of hydrogen-bond donors (Lipinski definition) is 6. The van der Waals surface area contributed by atoms with Crippen LogP contribution in [0.1, 0.15) is 99.1 Å². The number of phenolic OH excluding ortho intramolecular Hbond substituents is 1. The molecule has 0 radical (unpaired) electrons. The first-order valence-corrected chi connectivity index (χ1v) is 25.8. The summed E-state index contributed by atoms with van der Waals surface area (Å²) in [5.41, 5.74) is 0.535. The monoisotopic (exact) mass is 1040 g/mol. The number of phenols is 1. The summed E-state index contributed by atoms with van der Waals surface area (Å²) in [7, 11) is 2.79. The van der Waals surface area contributed by atoms with Gasteiger partial charge in [0, 0.05) is 56.0 Å². The Labute approximate surface area is 437 Å². The van der Waals surface area contributed by atoms with Gasteiger partial charge in [-0.05, 0) is 88.5 Å². The highest BCUT2D eigenvalue weighted by atomic mass is 16.6. The molecule has 3 aromatic rings. The van der Waals surface area contributed by atoms with Crippen LogP contribution in [0.3, 0.4) is 0 Å². The molecular weight excluding hydrogens is 967 g/mol. The number of carbonyl (C=O) groups excluding carboxylic acids is 7. The minimum absolute atomic E-state index is 0.00916. The molecular formula is C54H75N9O12. The van der Waals surface area contributed by atoms with Crippen molar-refractivity contribution in [2.75, 3.05) is 20.7 Å². The van der Waals surface area contributed by atoms with E-state index in [2.05, 4.69) is 25.8 Å². The lowest BCUT2D eigenvalue weighted by molar-refractivity contribution is -0.385. The van der Waals surface area contributed by atoms with Gasteiger partial charge in [-0.1, -0.05) is 71.0 Å². The van der Waals surface area contributed by atoms with E-state index in [1.54, 1.807) is 26.0 Å². The second kappa shape index (κ2) is 23.8. The lowest BCUT2D eigenvalue weighted by Gasteiger charge is -2.46. The van der Waals surface area contributed by atoms with Crippen molar-refractivity contribution in [1.29, 1.82) is 0 Å². The molecule has 21 nitrogen and oxygen atoms in total. The first kappa shape index (κ1) is 57.4. The van der Waals surface area contributed by atoms with E-state index in [1.165, 1.54) is 32.0 Å². The lowest BCUT2D eigenvalue weighted by Crippen LogP contribution is -2.66. The molecule has 21 heteroatoms. The van der Waals surface area contributed by atoms with E-state index in [0.29, 0.717) is 12.2 Å². The third-order valence-corrected chi connectivity index (χ3v) is 14.7. The van der Waals surface area contributed by atoms with Crippen LogP contribution < -0.4 is 21.3 Å². The number of aromatic hydroxyl groups is 1. The standard InChI is InChI=1S/C54H75N9O12/c1-12-13-17-36-46(65)58-38(26-34-27-61(54(8,9)45-28-75-45)39-18-15-14-16-35(34)39)52(71)59(10)41(21-29(2)3)48(67)57-37(24-33-19-20-44(64)40(25-33)63(73)74)47(66)55-32(7)51(70)60(11)43-23-31(6)50(69)62(53(43)72)42(22-30(4)5)49(68)56-36/h12-16,18-20,25,27,29-32,36-38,41-43,45,50,64,69H,17,21-24,26,28H2,1-11H3,(H,55,66)(H,56,68)(H,57,67)(H,58,65)/b13-12+/t31-,32-,36-,37-,38-,41-,42-,43-,45?,50-/m0/s1. The smallest absolute Gasteiger partial charge is 0.310 e. The molecule has 2 bridgehead atoms. The lowest BCUT2D eigenvalue weighted by atomic mass is 9.89. The van der Waals surface area contributed by atoms with Gasteiger partial charge in [0.05, 0.1) is 17.1 Å². The van der Waals surface area contributed by atoms with Gasteiger partial charge in [-0.3, -0.25) is 43.7 Å². The number of allylic oxidation sites excluding steroid dienone is 1. The van der Waals surface area contributed by atoms with Crippen molar-refractivity contribution >= 4 is 57.9 Å². The zero-order valence-corrected chi connectivity index (χ0v) is 44.9. The number of aliphatic hydroxyl groups excluding tert-OH is 1. The average Bonchev–Trinajstić information content (AvgIpc) is 4.16. The van der Waals surface area contributed by atoms with Crippen LogP contribution in [0, 0.1) is 27.9 Å². The number of hydrogen-bond acceptors (Lipinski definition) is 12. The number of epoxide rings is 1. The number of piperidine rings is 1. The van der Waals surface area contributed by atoms with Crippen LogP contribution in [0.15, 0.2) is 60.8 Å². The highest BCUT2D eigenvalue weighted by molar-refractivity contribution is 5.99. The molecule has 7 amide bonds. The number of aliphatic hydroxyl groups is 1.